The van der Waals surface area contributed by atoms with E-state index < -0.39 is 6.04 Å². The lowest BCUT2D eigenvalue weighted by atomic mass is 10.3. The minimum absolute atomic E-state index is 0.161. The Hall–Kier alpha value is -1.95. The molecule has 0 aliphatic heterocycles. The molecule has 0 fully saturated rings. The molecule has 0 saturated carbocycles. The van der Waals surface area contributed by atoms with Gasteiger partial charge in [0.1, 0.15) is 6.04 Å². The van der Waals surface area contributed by atoms with Gasteiger partial charge in [0.05, 0.1) is 0 Å². The molecule has 2 heterocycles. The van der Waals surface area contributed by atoms with Gasteiger partial charge in [-0.25, -0.2) is 9.97 Å². The standard InChI is InChI=1S/C10H10ClN5O/c1-7(16-6-2-3-14-16)10(17)15-9-8(11)12-4-5-13-9/h2-7H,1H3,(H,13,15,17). The van der Waals surface area contributed by atoms with Crippen LogP contribution in [-0.2, 0) is 4.79 Å². The maximum absolute atomic E-state index is 11.9. The van der Waals surface area contributed by atoms with Crippen LogP contribution in [0.2, 0.25) is 5.15 Å². The smallest absolute Gasteiger partial charge is 0.250 e. The predicted octanol–water partition coefficient (Wildman–Crippen LogP) is 1.53. The van der Waals surface area contributed by atoms with Gasteiger partial charge in [0, 0.05) is 24.8 Å². The fraction of sp³-hybridized carbons (Fsp3) is 0.200. The lowest BCUT2D eigenvalue weighted by molar-refractivity contribution is -0.119. The molecule has 2 aromatic rings. The van der Waals surface area contributed by atoms with Crippen molar-refractivity contribution >= 4 is 23.3 Å². The fourth-order valence-corrected chi connectivity index (χ4v) is 1.41. The normalized spacial score (nSPS) is 12.1. The van der Waals surface area contributed by atoms with Gasteiger partial charge in [0.15, 0.2) is 11.0 Å². The van der Waals surface area contributed by atoms with Gasteiger partial charge in [-0.1, -0.05) is 11.6 Å². The summed E-state index contributed by atoms with van der Waals surface area (Å²) in [5, 5.41) is 6.74. The van der Waals surface area contributed by atoms with E-state index in [9.17, 15) is 4.79 Å². The summed E-state index contributed by atoms with van der Waals surface area (Å²) in [6.45, 7) is 1.73. The number of rotatable bonds is 3. The zero-order chi connectivity index (χ0) is 12.3. The second kappa shape index (κ2) is 4.92. The summed E-state index contributed by atoms with van der Waals surface area (Å²) in [6, 6.07) is 1.31. The van der Waals surface area contributed by atoms with E-state index in [2.05, 4.69) is 20.4 Å². The van der Waals surface area contributed by atoms with Gasteiger partial charge in [-0.2, -0.15) is 5.10 Å². The summed E-state index contributed by atoms with van der Waals surface area (Å²) < 4.78 is 1.54. The number of anilines is 1. The Balaban J connectivity index is 2.10. The number of nitrogens with zero attached hydrogens (tertiary/aromatic N) is 4. The summed E-state index contributed by atoms with van der Waals surface area (Å²) in [4.78, 5) is 19.6. The van der Waals surface area contributed by atoms with Crippen molar-refractivity contribution in [1.82, 2.24) is 19.7 Å². The van der Waals surface area contributed by atoms with Crippen molar-refractivity contribution in [1.29, 1.82) is 0 Å². The highest BCUT2D eigenvalue weighted by atomic mass is 35.5. The summed E-state index contributed by atoms with van der Waals surface area (Å²) in [7, 11) is 0. The number of halogens is 1. The Morgan fingerprint density at radius 3 is 2.82 bits per heavy atom. The van der Waals surface area contributed by atoms with Gasteiger partial charge in [0.2, 0.25) is 5.91 Å². The molecule has 1 unspecified atom stereocenters. The van der Waals surface area contributed by atoms with E-state index in [0.717, 1.165) is 0 Å². The number of nitrogens with one attached hydrogen (secondary N) is 1. The van der Waals surface area contributed by atoms with E-state index in [4.69, 9.17) is 11.6 Å². The van der Waals surface area contributed by atoms with Crippen molar-refractivity contribution < 1.29 is 4.79 Å². The number of carbonyl (C=O) groups excluding carboxylic acids is 1. The Kier molecular flexibility index (Phi) is 3.34. The molecule has 0 saturated heterocycles. The second-order valence-corrected chi connectivity index (χ2v) is 3.71. The van der Waals surface area contributed by atoms with Crippen molar-refractivity contribution in [2.45, 2.75) is 13.0 Å². The van der Waals surface area contributed by atoms with Crippen LogP contribution in [-0.4, -0.2) is 25.7 Å². The van der Waals surface area contributed by atoms with Crippen LogP contribution in [0, 0.1) is 0 Å². The summed E-state index contributed by atoms with van der Waals surface area (Å²) in [6.07, 6.45) is 6.23. The van der Waals surface area contributed by atoms with E-state index >= 15 is 0 Å². The van der Waals surface area contributed by atoms with E-state index in [1.165, 1.54) is 12.4 Å². The fourth-order valence-electron chi connectivity index (χ4n) is 1.26. The number of hydrogen-bond donors (Lipinski definition) is 1. The zero-order valence-electron chi connectivity index (χ0n) is 9.04. The minimum Gasteiger partial charge on any atom is -0.306 e. The summed E-state index contributed by atoms with van der Waals surface area (Å²) in [5.74, 6) is -0.00530. The molecule has 1 atom stereocenters. The first-order valence-corrected chi connectivity index (χ1v) is 5.33. The van der Waals surface area contributed by atoms with Gasteiger partial charge in [-0.05, 0) is 13.0 Å². The van der Waals surface area contributed by atoms with Crippen molar-refractivity contribution in [3.8, 4) is 0 Å². The molecule has 0 bridgehead atoms. The highest BCUT2D eigenvalue weighted by molar-refractivity contribution is 6.32. The van der Waals surface area contributed by atoms with Crippen molar-refractivity contribution in [3.05, 3.63) is 36.0 Å². The maximum Gasteiger partial charge on any atom is 0.250 e. The molecule has 1 N–H and O–H groups in total. The SMILES string of the molecule is CC(C(=O)Nc1nccnc1Cl)n1cccn1. The second-order valence-electron chi connectivity index (χ2n) is 3.35. The molecule has 1 amide bonds. The van der Waals surface area contributed by atoms with Gasteiger partial charge in [0.25, 0.3) is 0 Å². The van der Waals surface area contributed by atoms with Crippen molar-refractivity contribution in [3.63, 3.8) is 0 Å². The monoisotopic (exact) mass is 251 g/mol. The van der Waals surface area contributed by atoms with Gasteiger partial charge >= 0.3 is 0 Å². The number of amides is 1. The lowest BCUT2D eigenvalue weighted by Crippen LogP contribution is -2.24. The summed E-state index contributed by atoms with van der Waals surface area (Å²) >= 11 is 5.79. The quantitative estimate of drug-likeness (QED) is 0.898. The van der Waals surface area contributed by atoms with Crippen LogP contribution in [0.5, 0.6) is 0 Å². The van der Waals surface area contributed by atoms with Crippen LogP contribution in [0.25, 0.3) is 0 Å². The van der Waals surface area contributed by atoms with E-state index in [0.29, 0.717) is 0 Å². The highest BCUT2D eigenvalue weighted by Gasteiger charge is 2.16. The van der Waals surface area contributed by atoms with Gasteiger partial charge < -0.3 is 5.32 Å². The number of carbonyl (C=O) groups is 1. The van der Waals surface area contributed by atoms with Crippen molar-refractivity contribution in [2.75, 3.05) is 5.32 Å². The number of hydrogen-bond acceptors (Lipinski definition) is 4. The molecule has 0 aromatic carbocycles. The Labute approximate surface area is 103 Å². The van der Waals surface area contributed by atoms with E-state index in [-0.39, 0.29) is 16.9 Å². The average Bonchev–Trinajstić information content (AvgIpc) is 2.84. The zero-order valence-corrected chi connectivity index (χ0v) is 9.80. The van der Waals surface area contributed by atoms with Crippen LogP contribution in [0.4, 0.5) is 5.82 Å². The molecule has 88 valence electrons. The first-order chi connectivity index (χ1) is 8.18. The third-order valence-corrected chi connectivity index (χ3v) is 2.47. The topological polar surface area (TPSA) is 72.7 Å². The molecule has 0 aliphatic carbocycles. The van der Waals surface area contributed by atoms with Gasteiger partial charge in [-0.15, -0.1) is 0 Å². The van der Waals surface area contributed by atoms with Crippen LogP contribution in [0.1, 0.15) is 13.0 Å². The molecule has 2 rings (SSSR count). The van der Waals surface area contributed by atoms with Crippen LogP contribution < -0.4 is 5.32 Å². The third-order valence-electron chi connectivity index (χ3n) is 2.20. The first kappa shape index (κ1) is 11.5. The van der Waals surface area contributed by atoms with E-state index in [1.807, 2.05) is 0 Å². The molecular weight excluding hydrogens is 242 g/mol. The predicted molar refractivity (Wildman–Crippen MR) is 62.6 cm³/mol. The third kappa shape index (κ3) is 2.59. The molecule has 2 aromatic heterocycles. The van der Waals surface area contributed by atoms with E-state index in [1.54, 1.807) is 30.1 Å². The van der Waals surface area contributed by atoms with Gasteiger partial charge in [-0.3, -0.25) is 9.48 Å². The Morgan fingerprint density at radius 1 is 1.41 bits per heavy atom. The molecule has 0 spiro atoms. The van der Waals surface area contributed by atoms with Crippen LogP contribution in [0.15, 0.2) is 30.9 Å². The largest absolute Gasteiger partial charge is 0.306 e. The molecule has 17 heavy (non-hydrogen) atoms. The average molecular weight is 252 g/mol. The Morgan fingerprint density at radius 2 is 2.18 bits per heavy atom. The van der Waals surface area contributed by atoms with Crippen LogP contribution in [0.3, 0.4) is 0 Å². The molecule has 0 aliphatic rings. The van der Waals surface area contributed by atoms with Crippen LogP contribution >= 0.6 is 11.6 Å². The Bertz CT molecular complexity index is 513. The van der Waals surface area contributed by atoms with Crippen molar-refractivity contribution in [2.24, 2.45) is 0 Å². The molecule has 6 nitrogen and oxygen atoms in total. The summed E-state index contributed by atoms with van der Waals surface area (Å²) in [5.41, 5.74) is 0. The maximum atomic E-state index is 11.9. The number of aromatic nitrogens is 4. The molecule has 0 radical (unpaired) electrons. The lowest BCUT2D eigenvalue weighted by Gasteiger charge is -2.12. The molecular formula is C10H10ClN5O. The highest BCUT2D eigenvalue weighted by Crippen LogP contribution is 2.16. The minimum atomic E-state index is -0.442. The molecule has 7 heteroatoms. The first-order valence-electron chi connectivity index (χ1n) is 4.95.